The van der Waals surface area contributed by atoms with E-state index >= 15 is 0 Å². The summed E-state index contributed by atoms with van der Waals surface area (Å²) in [4.78, 5) is 19.2. The van der Waals surface area contributed by atoms with E-state index in [0.29, 0.717) is 41.0 Å². The SMILES string of the molecule is COc1cccc(OC)c1C(=O)N1CCN=C1c1cccc(Cl)c1. The van der Waals surface area contributed by atoms with Gasteiger partial charge in [-0.25, -0.2) is 0 Å². The molecular weight excluding hydrogens is 328 g/mol. The molecule has 0 radical (unpaired) electrons. The maximum absolute atomic E-state index is 13.1. The summed E-state index contributed by atoms with van der Waals surface area (Å²) >= 11 is 6.06. The summed E-state index contributed by atoms with van der Waals surface area (Å²) in [5.41, 5.74) is 1.20. The predicted molar refractivity (Wildman–Crippen MR) is 93.4 cm³/mol. The lowest BCUT2D eigenvalue weighted by Gasteiger charge is -2.21. The van der Waals surface area contributed by atoms with Gasteiger partial charge in [0, 0.05) is 17.1 Å². The number of halogens is 1. The summed E-state index contributed by atoms with van der Waals surface area (Å²) in [6.07, 6.45) is 0. The van der Waals surface area contributed by atoms with Gasteiger partial charge in [0.2, 0.25) is 0 Å². The number of rotatable bonds is 4. The van der Waals surface area contributed by atoms with Gasteiger partial charge in [0.05, 0.1) is 20.8 Å². The number of methoxy groups -OCH3 is 2. The largest absolute Gasteiger partial charge is 0.496 e. The smallest absolute Gasteiger partial charge is 0.267 e. The lowest BCUT2D eigenvalue weighted by Crippen LogP contribution is -2.35. The number of ether oxygens (including phenoxy) is 2. The number of nitrogens with zero attached hydrogens (tertiary/aromatic N) is 2. The van der Waals surface area contributed by atoms with E-state index in [1.807, 2.05) is 12.1 Å². The molecule has 2 aromatic rings. The molecule has 0 saturated carbocycles. The van der Waals surface area contributed by atoms with Crippen LogP contribution in [0.5, 0.6) is 11.5 Å². The first-order chi connectivity index (χ1) is 11.7. The molecule has 24 heavy (non-hydrogen) atoms. The quantitative estimate of drug-likeness (QED) is 0.855. The van der Waals surface area contributed by atoms with E-state index in [2.05, 4.69) is 4.99 Å². The minimum atomic E-state index is -0.208. The van der Waals surface area contributed by atoms with Gasteiger partial charge in [-0.3, -0.25) is 14.7 Å². The fraction of sp³-hybridized carbons (Fsp3) is 0.222. The molecule has 0 bridgehead atoms. The van der Waals surface area contributed by atoms with Crippen molar-refractivity contribution in [1.29, 1.82) is 0 Å². The van der Waals surface area contributed by atoms with Gasteiger partial charge in [0.25, 0.3) is 5.91 Å². The van der Waals surface area contributed by atoms with Crippen LogP contribution >= 0.6 is 11.6 Å². The number of hydrogen-bond acceptors (Lipinski definition) is 4. The Morgan fingerprint density at radius 2 is 1.79 bits per heavy atom. The first-order valence-electron chi connectivity index (χ1n) is 7.49. The molecule has 0 atom stereocenters. The molecular formula is C18H17ClN2O3. The normalized spacial score (nSPS) is 13.6. The van der Waals surface area contributed by atoms with Crippen LogP contribution in [0.3, 0.4) is 0 Å². The van der Waals surface area contributed by atoms with Gasteiger partial charge in [0.15, 0.2) is 0 Å². The second-order valence-electron chi connectivity index (χ2n) is 5.21. The van der Waals surface area contributed by atoms with Crippen molar-refractivity contribution >= 4 is 23.3 Å². The molecule has 0 fully saturated rings. The van der Waals surface area contributed by atoms with Crippen LogP contribution in [0, 0.1) is 0 Å². The standard InChI is InChI=1S/C18H17ClN2O3/c1-23-14-7-4-8-15(24-2)16(14)18(22)21-10-9-20-17(21)12-5-3-6-13(19)11-12/h3-8,11H,9-10H2,1-2H3. The average molecular weight is 345 g/mol. The Morgan fingerprint density at radius 3 is 2.42 bits per heavy atom. The third kappa shape index (κ3) is 2.95. The first kappa shape index (κ1) is 16.3. The molecule has 0 unspecified atom stereocenters. The number of carbonyl (C=O) groups is 1. The molecule has 3 rings (SSSR count). The second-order valence-corrected chi connectivity index (χ2v) is 5.65. The summed E-state index contributed by atoms with van der Waals surface area (Å²) < 4.78 is 10.7. The van der Waals surface area contributed by atoms with E-state index in [9.17, 15) is 4.79 Å². The molecule has 124 valence electrons. The van der Waals surface area contributed by atoms with E-state index in [1.165, 1.54) is 14.2 Å². The Kier molecular flexibility index (Phi) is 4.71. The maximum atomic E-state index is 13.1. The van der Waals surface area contributed by atoms with Gasteiger partial charge in [0.1, 0.15) is 22.9 Å². The number of amides is 1. The minimum absolute atomic E-state index is 0.208. The molecule has 1 aliphatic rings. The Bertz CT molecular complexity index is 782. The molecule has 0 saturated heterocycles. The van der Waals surface area contributed by atoms with E-state index in [1.54, 1.807) is 35.2 Å². The predicted octanol–water partition coefficient (Wildman–Crippen LogP) is 3.26. The van der Waals surface area contributed by atoms with Crippen LogP contribution in [0.4, 0.5) is 0 Å². The van der Waals surface area contributed by atoms with Crippen LogP contribution in [-0.4, -0.2) is 44.0 Å². The van der Waals surface area contributed by atoms with Crippen LogP contribution in [0.25, 0.3) is 0 Å². The van der Waals surface area contributed by atoms with Crippen molar-refractivity contribution in [3.05, 3.63) is 58.6 Å². The third-order valence-corrected chi connectivity index (χ3v) is 4.05. The molecule has 0 aromatic heterocycles. The fourth-order valence-electron chi connectivity index (χ4n) is 2.72. The number of benzene rings is 2. The van der Waals surface area contributed by atoms with Gasteiger partial charge in [-0.15, -0.1) is 0 Å². The van der Waals surface area contributed by atoms with Gasteiger partial charge >= 0.3 is 0 Å². The van der Waals surface area contributed by atoms with Crippen molar-refractivity contribution in [3.8, 4) is 11.5 Å². The second kappa shape index (κ2) is 6.93. The molecule has 2 aromatic carbocycles. The zero-order valence-electron chi connectivity index (χ0n) is 13.5. The lowest BCUT2D eigenvalue weighted by molar-refractivity contribution is 0.0851. The monoisotopic (exact) mass is 344 g/mol. The van der Waals surface area contributed by atoms with Crippen molar-refractivity contribution in [1.82, 2.24) is 4.90 Å². The summed E-state index contributed by atoms with van der Waals surface area (Å²) in [7, 11) is 3.06. The number of hydrogen-bond donors (Lipinski definition) is 0. The van der Waals surface area contributed by atoms with E-state index < -0.39 is 0 Å². The molecule has 1 heterocycles. The van der Waals surface area contributed by atoms with E-state index in [0.717, 1.165) is 5.56 Å². The minimum Gasteiger partial charge on any atom is -0.496 e. The molecule has 1 amide bonds. The number of carbonyl (C=O) groups excluding carboxylic acids is 1. The molecule has 0 aliphatic carbocycles. The molecule has 5 nitrogen and oxygen atoms in total. The van der Waals surface area contributed by atoms with Crippen LogP contribution in [0.2, 0.25) is 5.02 Å². The lowest BCUT2D eigenvalue weighted by atomic mass is 10.1. The highest BCUT2D eigenvalue weighted by Crippen LogP contribution is 2.30. The Morgan fingerprint density at radius 1 is 1.12 bits per heavy atom. The highest BCUT2D eigenvalue weighted by Gasteiger charge is 2.30. The maximum Gasteiger partial charge on any atom is 0.267 e. The number of aliphatic imine (C=N–C) groups is 1. The fourth-order valence-corrected chi connectivity index (χ4v) is 2.91. The Labute approximate surface area is 145 Å². The van der Waals surface area contributed by atoms with Crippen molar-refractivity contribution in [3.63, 3.8) is 0 Å². The van der Waals surface area contributed by atoms with E-state index in [-0.39, 0.29) is 5.91 Å². The zero-order valence-corrected chi connectivity index (χ0v) is 14.2. The highest BCUT2D eigenvalue weighted by molar-refractivity contribution is 6.31. The van der Waals surface area contributed by atoms with E-state index in [4.69, 9.17) is 21.1 Å². The van der Waals surface area contributed by atoms with Crippen molar-refractivity contribution in [2.75, 3.05) is 27.3 Å². The first-order valence-corrected chi connectivity index (χ1v) is 7.86. The summed E-state index contributed by atoms with van der Waals surface area (Å²) in [6, 6.07) is 12.6. The number of amidine groups is 1. The van der Waals surface area contributed by atoms with Gasteiger partial charge in [-0.05, 0) is 24.3 Å². The average Bonchev–Trinajstić information content (AvgIpc) is 3.10. The summed E-state index contributed by atoms with van der Waals surface area (Å²) in [5.74, 6) is 1.34. The molecule has 6 heteroatoms. The van der Waals surface area contributed by atoms with Gasteiger partial charge in [-0.1, -0.05) is 29.8 Å². The summed E-state index contributed by atoms with van der Waals surface area (Å²) in [6.45, 7) is 1.05. The van der Waals surface area contributed by atoms with Crippen LogP contribution in [-0.2, 0) is 0 Å². The molecule has 1 aliphatic heterocycles. The van der Waals surface area contributed by atoms with Crippen molar-refractivity contribution < 1.29 is 14.3 Å². The topological polar surface area (TPSA) is 51.1 Å². The molecule has 0 spiro atoms. The zero-order chi connectivity index (χ0) is 17.1. The van der Waals surface area contributed by atoms with Crippen LogP contribution in [0.1, 0.15) is 15.9 Å². The van der Waals surface area contributed by atoms with Crippen molar-refractivity contribution in [2.45, 2.75) is 0 Å². The van der Waals surface area contributed by atoms with Crippen LogP contribution in [0.15, 0.2) is 47.5 Å². The van der Waals surface area contributed by atoms with Crippen molar-refractivity contribution in [2.24, 2.45) is 4.99 Å². The Balaban J connectivity index is 2.00. The van der Waals surface area contributed by atoms with Gasteiger partial charge < -0.3 is 9.47 Å². The summed E-state index contributed by atoms with van der Waals surface area (Å²) in [5, 5.41) is 0.601. The molecule has 0 N–H and O–H groups in total. The Hall–Kier alpha value is -2.53. The van der Waals surface area contributed by atoms with Gasteiger partial charge in [-0.2, -0.15) is 0 Å². The third-order valence-electron chi connectivity index (χ3n) is 3.81. The highest BCUT2D eigenvalue weighted by atomic mass is 35.5. The van der Waals surface area contributed by atoms with Crippen LogP contribution < -0.4 is 9.47 Å².